The Morgan fingerprint density at radius 2 is 1.83 bits per heavy atom. The van der Waals surface area contributed by atoms with Crippen LogP contribution in [0.4, 0.5) is 4.39 Å². The summed E-state index contributed by atoms with van der Waals surface area (Å²) in [5.41, 5.74) is 0.595. The first kappa shape index (κ1) is 12.1. The number of rotatable bonds is 3. The predicted octanol–water partition coefficient (Wildman–Crippen LogP) is 3.62. The van der Waals surface area contributed by atoms with E-state index in [2.05, 4.69) is 0 Å². The number of ether oxygens (including phenoxy) is 1. The van der Waals surface area contributed by atoms with E-state index < -0.39 is 17.3 Å². The van der Waals surface area contributed by atoms with Gasteiger partial charge in [-0.1, -0.05) is 23.8 Å². The molecule has 0 saturated carbocycles. The lowest BCUT2D eigenvalue weighted by Crippen LogP contribution is -2.03. The fourth-order valence-electron chi connectivity index (χ4n) is 1.53. The van der Waals surface area contributed by atoms with E-state index in [4.69, 9.17) is 9.84 Å². The largest absolute Gasteiger partial charge is 0.477 e. The van der Waals surface area contributed by atoms with E-state index in [1.165, 1.54) is 12.1 Å². The Hall–Kier alpha value is -2.36. The number of halogens is 1. The second kappa shape index (κ2) is 4.87. The first-order valence-corrected chi connectivity index (χ1v) is 5.34. The highest BCUT2D eigenvalue weighted by Gasteiger charge is 2.17. The molecule has 0 bridgehead atoms. The second-order valence-corrected chi connectivity index (χ2v) is 3.83. The summed E-state index contributed by atoms with van der Waals surface area (Å²) in [4.78, 5) is 11.0. The third-order valence-corrected chi connectivity index (χ3v) is 2.44. The molecule has 0 fully saturated rings. The second-order valence-electron chi connectivity index (χ2n) is 3.83. The average molecular weight is 246 g/mol. The fraction of sp³-hybridized carbons (Fsp3) is 0.0714. The summed E-state index contributed by atoms with van der Waals surface area (Å²) in [7, 11) is 0. The van der Waals surface area contributed by atoms with Crippen molar-refractivity contribution in [3.8, 4) is 11.5 Å². The van der Waals surface area contributed by atoms with Crippen molar-refractivity contribution in [1.29, 1.82) is 0 Å². The number of aromatic carboxylic acids is 1. The van der Waals surface area contributed by atoms with E-state index in [0.29, 0.717) is 5.75 Å². The summed E-state index contributed by atoms with van der Waals surface area (Å²) >= 11 is 0. The SMILES string of the molecule is Cc1ccc(Oc2cccc(F)c2C(=O)O)cc1. The molecule has 0 aliphatic heterocycles. The molecule has 1 N–H and O–H groups in total. The van der Waals surface area contributed by atoms with Crippen LogP contribution in [0.2, 0.25) is 0 Å². The Balaban J connectivity index is 2.37. The fourth-order valence-corrected chi connectivity index (χ4v) is 1.53. The molecule has 0 atom stereocenters. The number of hydrogen-bond acceptors (Lipinski definition) is 2. The lowest BCUT2D eigenvalue weighted by atomic mass is 10.2. The molecule has 0 aromatic heterocycles. The normalized spacial score (nSPS) is 10.1. The summed E-state index contributed by atoms with van der Waals surface area (Å²) in [5.74, 6) is -1.71. The molecule has 92 valence electrons. The molecular weight excluding hydrogens is 235 g/mol. The molecule has 2 rings (SSSR count). The monoisotopic (exact) mass is 246 g/mol. The Bertz CT molecular complexity index is 576. The van der Waals surface area contributed by atoms with Crippen molar-refractivity contribution in [1.82, 2.24) is 0 Å². The minimum Gasteiger partial charge on any atom is -0.477 e. The van der Waals surface area contributed by atoms with E-state index in [9.17, 15) is 9.18 Å². The highest BCUT2D eigenvalue weighted by atomic mass is 19.1. The van der Waals surface area contributed by atoms with Crippen molar-refractivity contribution in [2.75, 3.05) is 0 Å². The van der Waals surface area contributed by atoms with Crippen LogP contribution in [-0.4, -0.2) is 11.1 Å². The maximum atomic E-state index is 13.4. The lowest BCUT2D eigenvalue weighted by molar-refractivity contribution is 0.0689. The van der Waals surface area contributed by atoms with Gasteiger partial charge in [0.2, 0.25) is 0 Å². The smallest absolute Gasteiger partial charge is 0.342 e. The summed E-state index contributed by atoms with van der Waals surface area (Å²) in [5, 5.41) is 8.95. The van der Waals surface area contributed by atoms with Crippen molar-refractivity contribution in [2.45, 2.75) is 6.92 Å². The molecule has 0 unspecified atom stereocenters. The first-order valence-electron chi connectivity index (χ1n) is 5.34. The van der Waals surface area contributed by atoms with Gasteiger partial charge in [0.25, 0.3) is 0 Å². The minimum atomic E-state index is -1.35. The molecule has 0 saturated heterocycles. The van der Waals surface area contributed by atoms with Crippen molar-refractivity contribution in [3.63, 3.8) is 0 Å². The summed E-state index contributed by atoms with van der Waals surface area (Å²) in [6.07, 6.45) is 0. The summed E-state index contributed by atoms with van der Waals surface area (Å²) in [6.45, 7) is 1.93. The molecule has 0 heterocycles. The first-order chi connectivity index (χ1) is 8.58. The van der Waals surface area contributed by atoms with Gasteiger partial charge >= 0.3 is 5.97 Å². The van der Waals surface area contributed by atoms with Gasteiger partial charge in [-0.2, -0.15) is 0 Å². The Kier molecular flexibility index (Phi) is 3.28. The molecule has 0 aliphatic rings. The van der Waals surface area contributed by atoms with Gasteiger partial charge in [-0.15, -0.1) is 0 Å². The maximum absolute atomic E-state index is 13.4. The number of aryl methyl sites for hydroxylation is 1. The molecule has 0 radical (unpaired) electrons. The quantitative estimate of drug-likeness (QED) is 0.899. The number of carboxylic acids is 1. The average Bonchev–Trinajstić information content (AvgIpc) is 2.32. The Morgan fingerprint density at radius 1 is 1.17 bits per heavy atom. The maximum Gasteiger partial charge on any atom is 0.342 e. The van der Waals surface area contributed by atoms with E-state index in [-0.39, 0.29) is 5.75 Å². The molecule has 2 aromatic rings. The molecule has 18 heavy (non-hydrogen) atoms. The zero-order chi connectivity index (χ0) is 13.1. The van der Waals surface area contributed by atoms with Crippen LogP contribution in [0.25, 0.3) is 0 Å². The van der Waals surface area contributed by atoms with Gasteiger partial charge in [0, 0.05) is 0 Å². The van der Waals surface area contributed by atoms with Gasteiger partial charge < -0.3 is 9.84 Å². The van der Waals surface area contributed by atoms with E-state index >= 15 is 0 Å². The molecule has 4 heteroatoms. The van der Waals surface area contributed by atoms with Gasteiger partial charge in [-0.3, -0.25) is 0 Å². The third-order valence-electron chi connectivity index (χ3n) is 2.44. The Morgan fingerprint density at radius 3 is 2.44 bits per heavy atom. The van der Waals surface area contributed by atoms with Crippen LogP contribution < -0.4 is 4.74 Å². The van der Waals surface area contributed by atoms with Gasteiger partial charge in [0.1, 0.15) is 22.9 Å². The standard InChI is InChI=1S/C14H11FO3/c1-9-5-7-10(8-6-9)18-12-4-2-3-11(15)13(12)14(16)17/h2-8H,1H3,(H,16,17). The van der Waals surface area contributed by atoms with Crippen molar-refractivity contribution < 1.29 is 19.0 Å². The minimum absolute atomic E-state index is 0.00801. The van der Waals surface area contributed by atoms with Crippen molar-refractivity contribution in [2.24, 2.45) is 0 Å². The molecule has 0 aliphatic carbocycles. The highest BCUT2D eigenvalue weighted by molar-refractivity contribution is 5.91. The van der Waals surface area contributed by atoms with Crippen molar-refractivity contribution >= 4 is 5.97 Å². The van der Waals surface area contributed by atoms with E-state index in [1.807, 2.05) is 19.1 Å². The molecule has 3 nitrogen and oxygen atoms in total. The van der Waals surface area contributed by atoms with Crippen LogP contribution in [0, 0.1) is 12.7 Å². The van der Waals surface area contributed by atoms with Gasteiger partial charge in [-0.25, -0.2) is 9.18 Å². The number of benzene rings is 2. The summed E-state index contributed by atoms with van der Waals surface area (Å²) in [6, 6.07) is 11.0. The van der Waals surface area contributed by atoms with E-state index in [1.54, 1.807) is 12.1 Å². The van der Waals surface area contributed by atoms with Crippen molar-refractivity contribution in [3.05, 3.63) is 59.4 Å². The van der Waals surface area contributed by atoms with Crippen LogP contribution in [-0.2, 0) is 0 Å². The predicted molar refractivity (Wildman–Crippen MR) is 64.6 cm³/mol. The van der Waals surface area contributed by atoms with Crippen LogP contribution in [0.3, 0.4) is 0 Å². The van der Waals surface area contributed by atoms with E-state index in [0.717, 1.165) is 11.6 Å². The topological polar surface area (TPSA) is 46.5 Å². The highest BCUT2D eigenvalue weighted by Crippen LogP contribution is 2.27. The zero-order valence-electron chi connectivity index (χ0n) is 9.68. The Labute approximate surface area is 103 Å². The van der Waals surface area contributed by atoms with Crippen LogP contribution in [0.5, 0.6) is 11.5 Å². The van der Waals surface area contributed by atoms with Gasteiger partial charge in [0.05, 0.1) is 0 Å². The third kappa shape index (κ3) is 2.48. The molecule has 0 amide bonds. The number of carbonyl (C=O) groups is 1. The molecular formula is C14H11FO3. The van der Waals surface area contributed by atoms with Crippen LogP contribution >= 0.6 is 0 Å². The van der Waals surface area contributed by atoms with Crippen LogP contribution in [0.15, 0.2) is 42.5 Å². The van der Waals surface area contributed by atoms with Gasteiger partial charge in [0.15, 0.2) is 0 Å². The number of hydrogen-bond donors (Lipinski definition) is 1. The van der Waals surface area contributed by atoms with Gasteiger partial charge in [-0.05, 0) is 31.2 Å². The molecule has 0 spiro atoms. The van der Waals surface area contributed by atoms with Crippen LogP contribution in [0.1, 0.15) is 15.9 Å². The zero-order valence-corrected chi connectivity index (χ0v) is 9.68. The molecule has 2 aromatic carbocycles. The summed E-state index contributed by atoms with van der Waals surface area (Å²) < 4.78 is 18.8. The lowest BCUT2D eigenvalue weighted by Gasteiger charge is -2.09. The number of carboxylic acid groups (broad SMARTS) is 1.